The zero-order valence-corrected chi connectivity index (χ0v) is 11.3. The molecule has 0 aliphatic carbocycles. The van der Waals surface area contributed by atoms with Gasteiger partial charge in [0.2, 0.25) is 5.28 Å². The predicted molar refractivity (Wildman–Crippen MR) is 75.3 cm³/mol. The number of nitrogens with two attached hydrogens (primary N) is 1. The van der Waals surface area contributed by atoms with Crippen LogP contribution in [0.15, 0.2) is 24.4 Å². The number of halogens is 1. The van der Waals surface area contributed by atoms with Crippen LogP contribution in [0.5, 0.6) is 0 Å². The summed E-state index contributed by atoms with van der Waals surface area (Å²) in [6, 6.07) is 5.77. The van der Waals surface area contributed by atoms with E-state index in [0.29, 0.717) is 0 Å². The van der Waals surface area contributed by atoms with Crippen molar-refractivity contribution in [1.82, 2.24) is 9.97 Å². The average molecular weight is 277 g/mol. The number of nitrogens with one attached hydrogen (secondary N) is 1. The fourth-order valence-electron chi connectivity index (χ4n) is 1.74. The molecule has 1 aromatic heterocycles. The van der Waals surface area contributed by atoms with Gasteiger partial charge < -0.3 is 11.1 Å². The number of benzene rings is 1. The standard InChI is InChI=1S/C13H13ClN4O/c1-7-4-3-5-8(2)10(7)17-12(19)9-6-16-13(14)18-11(9)15/h3-6H,1-2H3,(H,17,19)(H2,15,16,18). The van der Waals surface area contributed by atoms with E-state index in [-0.39, 0.29) is 22.6 Å². The molecule has 5 nitrogen and oxygen atoms in total. The predicted octanol–water partition coefficient (Wildman–Crippen LogP) is 2.58. The maximum absolute atomic E-state index is 12.1. The van der Waals surface area contributed by atoms with Gasteiger partial charge in [-0.25, -0.2) is 9.97 Å². The molecule has 98 valence electrons. The first kappa shape index (κ1) is 13.3. The molecule has 0 fully saturated rings. The molecule has 2 rings (SSSR count). The highest BCUT2D eigenvalue weighted by Gasteiger charge is 2.14. The second kappa shape index (κ2) is 5.24. The lowest BCUT2D eigenvalue weighted by Gasteiger charge is -2.11. The Morgan fingerprint density at radius 2 is 1.95 bits per heavy atom. The highest BCUT2D eigenvalue weighted by atomic mass is 35.5. The van der Waals surface area contributed by atoms with Crippen LogP contribution in [0.4, 0.5) is 11.5 Å². The van der Waals surface area contributed by atoms with Crippen LogP contribution in [-0.4, -0.2) is 15.9 Å². The summed E-state index contributed by atoms with van der Waals surface area (Å²) in [5.74, 6) is -0.296. The van der Waals surface area contributed by atoms with Crippen LogP contribution in [0.1, 0.15) is 21.5 Å². The Hall–Kier alpha value is -2.14. The lowest BCUT2D eigenvalue weighted by Crippen LogP contribution is -2.16. The number of para-hydroxylation sites is 1. The lowest BCUT2D eigenvalue weighted by molar-refractivity contribution is 0.102. The number of rotatable bonds is 2. The van der Waals surface area contributed by atoms with E-state index in [2.05, 4.69) is 15.3 Å². The van der Waals surface area contributed by atoms with Crippen molar-refractivity contribution in [1.29, 1.82) is 0 Å². The Labute approximate surface area is 115 Å². The van der Waals surface area contributed by atoms with E-state index in [4.69, 9.17) is 17.3 Å². The van der Waals surface area contributed by atoms with Crippen molar-refractivity contribution in [3.63, 3.8) is 0 Å². The smallest absolute Gasteiger partial charge is 0.261 e. The second-order valence-corrected chi connectivity index (χ2v) is 4.50. The Balaban J connectivity index is 2.31. The Kier molecular flexibility index (Phi) is 3.66. The number of carbonyl (C=O) groups is 1. The van der Waals surface area contributed by atoms with E-state index in [0.717, 1.165) is 16.8 Å². The van der Waals surface area contributed by atoms with Crippen molar-refractivity contribution in [2.45, 2.75) is 13.8 Å². The number of aryl methyl sites for hydroxylation is 2. The topological polar surface area (TPSA) is 80.9 Å². The maximum Gasteiger partial charge on any atom is 0.261 e. The molecule has 6 heteroatoms. The molecule has 0 saturated carbocycles. The van der Waals surface area contributed by atoms with Crippen LogP contribution in [0.25, 0.3) is 0 Å². The summed E-state index contributed by atoms with van der Waals surface area (Å²) in [7, 11) is 0. The zero-order valence-electron chi connectivity index (χ0n) is 10.6. The van der Waals surface area contributed by atoms with Gasteiger partial charge in [0.05, 0.1) is 0 Å². The summed E-state index contributed by atoms with van der Waals surface area (Å²) in [6.45, 7) is 3.84. The number of hydrogen-bond donors (Lipinski definition) is 2. The summed E-state index contributed by atoms with van der Waals surface area (Å²) < 4.78 is 0. The fraction of sp³-hybridized carbons (Fsp3) is 0.154. The molecule has 0 spiro atoms. The minimum atomic E-state index is -0.355. The molecular formula is C13H13ClN4O. The molecule has 0 radical (unpaired) electrons. The van der Waals surface area contributed by atoms with Gasteiger partial charge in [-0.1, -0.05) is 18.2 Å². The number of nitrogens with zero attached hydrogens (tertiary/aromatic N) is 2. The second-order valence-electron chi connectivity index (χ2n) is 4.16. The molecular weight excluding hydrogens is 264 g/mol. The normalized spacial score (nSPS) is 10.3. The largest absolute Gasteiger partial charge is 0.383 e. The van der Waals surface area contributed by atoms with Crippen molar-refractivity contribution in [3.8, 4) is 0 Å². The number of nitrogen functional groups attached to an aromatic ring is 1. The van der Waals surface area contributed by atoms with Gasteiger partial charge >= 0.3 is 0 Å². The van der Waals surface area contributed by atoms with Gasteiger partial charge in [-0.15, -0.1) is 0 Å². The van der Waals surface area contributed by atoms with Crippen LogP contribution in [0.3, 0.4) is 0 Å². The summed E-state index contributed by atoms with van der Waals surface area (Å²) in [6.07, 6.45) is 1.31. The fourth-order valence-corrected chi connectivity index (χ4v) is 1.88. The van der Waals surface area contributed by atoms with Crippen LogP contribution < -0.4 is 11.1 Å². The van der Waals surface area contributed by atoms with E-state index >= 15 is 0 Å². The van der Waals surface area contributed by atoms with Gasteiger partial charge in [-0.05, 0) is 36.6 Å². The Morgan fingerprint density at radius 3 is 2.53 bits per heavy atom. The van der Waals surface area contributed by atoms with Gasteiger partial charge in [0.1, 0.15) is 11.4 Å². The lowest BCUT2D eigenvalue weighted by atomic mass is 10.1. The molecule has 19 heavy (non-hydrogen) atoms. The van der Waals surface area contributed by atoms with Crippen LogP contribution in [0.2, 0.25) is 5.28 Å². The molecule has 1 heterocycles. The number of carbonyl (C=O) groups excluding carboxylic acids is 1. The molecule has 1 amide bonds. The summed E-state index contributed by atoms with van der Waals surface area (Å²) in [5, 5.41) is 2.83. The van der Waals surface area contributed by atoms with Gasteiger partial charge in [-0.2, -0.15) is 0 Å². The number of hydrogen-bond acceptors (Lipinski definition) is 4. The average Bonchev–Trinajstić information content (AvgIpc) is 2.33. The zero-order chi connectivity index (χ0) is 14.0. The molecule has 0 aliphatic rings. The van der Waals surface area contributed by atoms with Crippen LogP contribution in [-0.2, 0) is 0 Å². The Bertz CT molecular complexity index is 622. The molecule has 0 saturated heterocycles. The van der Waals surface area contributed by atoms with E-state index in [1.165, 1.54) is 6.20 Å². The van der Waals surface area contributed by atoms with Gasteiger partial charge in [-0.3, -0.25) is 4.79 Å². The third-order valence-electron chi connectivity index (χ3n) is 2.75. The monoisotopic (exact) mass is 276 g/mol. The minimum Gasteiger partial charge on any atom is -0.383 e. The highest BCUT2D eigenvalue weighted by Crippen LogP contribution is 2.21. The molecule has 3 N–H and O–H groups in total. The van der Waals surface area contributed by atoms with E-state index in [1.807, 2.05) is 32.0 Å². The van der Waals surface area contributed by atoms with E-state index in [9.17, 15) is 4.79 Å². The minimum absolute atomic E-state index is 0.0149. The summed E-state index contributed by atoms with van der Waals surface area (Å²) in [4.78, 5) is 19.6. The van der Waals surface area contributed by atoms with Crippen molar-refractivity contribution in [2.75, 3.05) is 11.1 Å². The first-order valence-corrected chi connectivity index (χ1v) is 6.02. The third-order valence-corrected chi connectivity index (χ3v) is 2.94. The van der Waals surface area contributed by atoms with Crippen molar-refractivity contribution in [2.24, 2.45) is 0 Å². The quantitative estimate of drug-likeness (QED) is 0.826. The highest BCUT2D eigenvalue weighted by molar-refractivity contribution is 6.28. The molecule has 0 bridgehead atoms. The first-order valence-electron chi connectivity index (χ1n) is 5.64. The maximum atomic E-state index is 12.1. The number of anilines is 2. The van der Waals surface area contributed by atoms with Crippen molar-refractivity contribution in [3.05, 3.63) is 46.4 Å². The third kappa shape index (κ3) is 2.82. The van der Waals surface area contributed by atoms with E-state index < -0.39 is 0 Å². The first-order chi connectivity index (χ1) is 8.99. The van der Waals surface area contributed by atoms with Crippen LogP contribution >= 0.6 is 11.6 Å². The summed E-state index contributed by atoms with van der Waals surface area (Å²) in [5.41, 5.74) is 8.57. The van der Waals surface area contributed by atoms with Gasteiger partial charge in [0.25, 0.3) is 5.91 Å². The molecule has 0 atom stereocenters. The molecule has 0 unspecified atom stereocenters. The molecule has 2 aromatic rings. The van der Waals surface area contributed by atoms with Gasteiger partial charge in [0, 0.05) is 11.9 Å². The SMILES string of the molecule is Cc1cccc(C)c1NC(=O)c1cnc(Cl)nc1N. The van der Waals surface area contributed by atoms with Gasteiger partial charge in [0.15, 0.2) is 0 Å². The molecule has 0 aliphatic heterocycles. The van der Waals surface area contributed by atoms with Crippen molar-refractivity contribution < 1.29 is 4.79 Å². The van der Waals surface area contributed by atoms with Crippen LogP contribution in [0, 0.1) is 13.8 Å². The number of amides is 1. The van der Waals surface area contributed by atoms with Crippen molar-refractivity contribution >= 4 is 29.0 Å². The number of aromatic nitrogens is 2. The molecule has 1 aromatic carbocycles. The summed E-state index contributed by atoms with van der Waals surface area (Å²) >= 11 is 5.60. The van der Waals surface area contributed by atoms with E-state index in [1.54, 1.807) is 0 Å². The Morgan fingerprint density at radius 1 is 1.32 bits per heavy atom.